The second kappa shape index (κ2) is 6.02. The number of ether oxygens (including phenoxy) is 2. The molecule has 0 spiro atoms. The quantitative estimate of drug-likeness (QED) is 0.812. The van der Waals surface area contributed by atoms with Gasteiger partial charge in [-0.1, -0.05) is 36.4 Å². The van der Waals surface area contributed by atoms with Gasteiger partial charge in [-0.2, -0.15) is 0 Å². The maximum atomic E-state index is 12.0. The number of fused-ring (bicyclic) bond motifs is 1. The summed E-state index contributed by atoms with van der Waals surface area (Å²) in [6.07, 6.45) is 0.0943. The van der Waals surface area contributed by atoms with E-state index in [2.05, 4.69) is 0 Å². The Hall–Kier alpha value is -2.62. The smallest absolute Gasteiger partial charge is 0.339 e. The van der Waals surface area contributed by atoms with Gasteiger partial charge in [0.1, 0.15) is 6.10 Å². The highest BCUT2D eigenvalue weighted by Crippen LogP contribution is 2.33. The fourth-order valence-corrected chi connectivity index (χ4v) is 2.68. The molecule has 0 saturated carbocycles. The molecule has 3 rings (SSSR count). The van der Waals surface area contributed by atoms with Gasteiger partial charge >= 0.3 is 11.9 Å². The van der Waals surface area contributed by atoms with Crippen LogP contribution >= 0.6 is 0 Å². The number of esters is 2. The predicted octanol–water partition coefficient (Wildman–Crippen LogP) is 3.32. The van der Waals surface area contributed by atoms with Crippen molar-refractivity contribution >= 4 is 11.9 Å². The van der Waals surface area contributed by atoms with Gasteiger partial charge in [-0.05, 0) is 24.6 Å². The molecule has 0 bridgehead atoms. The number of carbonyl (C=O) groups excluding carboxylic acids is 2. The fourth-order valence-electron chi connectivity index (χ4n) is 2.68. The molecule has 2 aromatic rings. The molecule has 0 aliphatic carbocycles. The minimum atomic E-state index is -0.362. The van der Waals surface area contributed by atoms with Gasteiger partial charge in [-0.15, -0.1) is 0 Å². The highest BCUT2D eigenvalue weighted by atomic mass is 16.5. The molecule has 0 N–H and O–H groups in total. The summed E-state index contributed by atoms with van der Waals surface area (Å²) in [4.78, 5) is 23.9. The van der Waals surface area contributed by atoms with E-state index in [1.807, 2.05) is 30.3 Å². The van der Waals surface area contributed by atoms with Gasteiger partial charge in [0.15, 0.2) is 0 Å². The Morgan fingerprint density at radius 1 is 1.14 bits per heavy atom. The topological polar surface area (TPSA) is 52.6 Å². The molecule has 0 saturated heterocycles. The summed E-state index contributed by atoms with van der Waals surface area (Å²) < 4.78 is 10.5. The first kappa shape index (κ1) is 14.3. The third kappa shape index (κ3) is 2.60. The monoisotopic (exact) mass is 296 g/mol. The van der Waals surface area contributed by atoms with E-state index in [0.29, 0.717) is 24.2 Å². The number of rotatable bonds is 4. The van der Waals surface area contributed by atoms with Gasteiger partial charge < -0.3 is 9.47 Å². The molecule has 112 valence electrons. The van der Waals surface area contributed by atoms with Gasteiger partial charge in [-0.3, -0.25) is 0 Å². The Morgan fingerprint density at radius 3 is 2.68 bits per heavy atom. The average molecular weight is 296 g/mol. The van der Waals surface area contributed by atoms with Crippen LogP contribution in [-0.4, -0.2) is 18.5 Å². The zero-order valence-corrected chi connectivity index (χ0v) is 12.2. The minimum absolute atomic E-state index is 0.311. The zero-order valence-electron chi connectivity index (χ0n) is 12.2. The first-order valence-electron chi connectivity index (χ1n) is 7.25. The lowest BCUT2D eigenvalue weighted by Gasteiger charge is -2.13. The third-order valence-corrected chi connectivity index (χ3v) is 3.69. The van der Waals surface area contributed by atoms with E-state index in [0.717, 1.165) is 11.1 Å². The van der Waals surface area contributed by atoms with Crippen molar-refractivity contribution in [3.63, 3.8) is 0 Å². The lowest BCUT2D eigenvalue weighted by molar-refractivity contribution is 0.0386. The molecule has 1 unspecified atom stereocenters. The molecular formula is C18H16O4. The van der Waals surface area contributed by atoms with Gasteiger partial charge in [0, 0.05) is 12.0 Å². The van der Waals surface area contributed by atoms with Crippen LogP contribution in [-0.2, 0) is 15.9 Å². The van der Waals surface area contributed by atoms with Crippen LogP contribution in [0.5, 0.6) is 0 Å². The van der Waals surface area contributed by atoms with Crippen LogP contribution in [0.15, 0.2) is 48.5 Å². The van der Waals surface area contributed by atoms with E-state index < -0.39 is 0 Å². The van der Waals surface area contributed by atoms with Crippen molar-refractivity contribution in [1.82, 2.24) is 0 Å². The van der Waals surface area contributed by atoms with E-state index in [1.54, 1.807) is 25.1 Å². The minimum Gasteiger partial charge on any atom is -0.462 e. The van der Waals surface area contributed by atoms with Crippen molar-refractivity contribution in [3.05, 3.63) is 70.8 Å². The van der Waals surface area contributed by atoms with Crippen LogP contribution in [0.2, 0.25) is 0 Å². The summed E-state index contributed by atoms with van der Waals surface area (Å²) >= 11 is 0. The van der Waals surface area contributed by atoms with E-state index in [-0.39, 0.29) is 18.0 Å². The highest BCUT2D eigenvalue weighted by molar-refractivity contribution is 5.94. The molecule has 1 atom stereocenters. The summed E-state index contributed by atoms with van der Waals surface area (Å²) in [5.74, 6) is -0.662. The molecule has 22 heavy (non-hydrogen) atoms. The average Bonchev–Trinajstić information content (AvgIpc) is 2.85. The molecule has 1 heterocycles. The Balaban J connectivity index is 1.89. The number of hydrogen-bond donors (Lipinski definition) is 0. The van der Waals surface area contributed by atoms with Crippen molar-refractivity contribution in [2.75, 3.05) is 6.61 Å². The third-order valence-electron chi connectivity index (χ3n) is 3.69. The van der Waals surface area contributed by atoms with Gasteiger partial charge in [0.05, 0.1) is 17.7 Å². The van der Waals surface area contributed by atoms with Crippen LogP contribution in [0.4, 0.5) is 0 Å². The molecule has 4 nitrogen and oxygen atoms in total. The molecule has 0 fully saturated rings. The molecule has 2 aromatic carbocycles. The lowest BCUT2D eigenvalue weighted by Crippen LogP contribution is -2.11. The standard InChI is InChI=1S/C18H16O4/c1-2-21-17(19)13-8-4-3-7-12(13)11-16-14-9-5-6-10-15(14)18(20)22-16/h3-10,16H,2,11H2,1H3. The predicted molar refractivity (Wildman–Crippen MR) is 80.7 cm³/mol. The van der Waals surface area contributed by atoms with Crippen molar-refractivity contribution in [3.8, 4) is 0 Å². The molecule has 0 amide bonds. The Morgan fingerprint density at radius 2 is 1.86 bits per heavy atom. The Labute approximate surface area is 128 Å². The van der Waals surface area contributed by atoms with E-state index in [1.165, 1.54) is 0 Å². The SMILES string of the molecule is CCOC(=O)c1ccccc1CC1OC(=O)c2ccccc21. The molecule has 1 aliphatic heterocycles. The number of hydrogen-bond acceptors (Lipinski definition) is 4. The molecule has 4 heteroatoms. The van der Waals surface area contributed by atoms with Gasteiger partial charge in [-0.25, -0.2) is 9.59 Å². The number of carbonyl (C=O) groups is 2. The summed E-state index contributed by atoms with van der Waals surface area (Å²) in [6, 6.07) is 14.6. The second-order valence-corrected chi connectivity index (χ2v) is 5.06. The molecule has 0 aromatic heterocycles. The van der Waals surface area contributed by atoms with Crippen LogP contribution < -0.4 is 0 Å². The summed E-state index contributed by atoms with van der Waals surface area (Å²) in [7, 11) is 0. The maximum absolute atomic E-state index is 12.0. The van der Waals surface area contributed by atoms with Crippen molar-refractivity contribution in [2.45, 2.75) is 19.4 Å². The first-order chi connectivity index (χ1) is 10.7. The van der Waals surface area contributed by atoms with Crippen molar-refractivity contribution in [2.24, 2.45) is 0 Å². The van der Waals surface area contributed by atoms with Gasteiger partial charge in [0.2, 0.25) is 0 Å². The largest absolute Gasteiger partial charge is 0.462 e. The Kier molecular flexibility index (Phi) is 3.92. The summed E-state index contributed by atoms with van der Waals surface area (Å²) in [6.45, 7) is 2.10. The molecule has 0 radical (unpaired) electrons. The highest BCUT2D eigenvalue weighted by Gasteiger charge is 2.31. The van der Waals surface area contributed by atoms with E-state index >= 15 is 0 Å². The fraction of sp³-hybridized carbons (Fsp3) is 0.222. The van der Waals surface area contributed by atoms with Crippen LogP contribution in [0, 0.1) is 0 Å². The van der Waals surface area contributed by atoms with E-state index in [4.69, 9.17) is 9.47 Å². The molecule has 1 aliphatic rings. The summed E-state index contributed by atoms with van der Waals surface area (Å²) in [5.41, 5.74) is 2.80. The summed E-state index contributed by atoms with van der Waals surface area (Å²) in [5, 5.41) is 0. The van der Waals surface area contributed by atoms with Crippen LogP contribution in [0.1, 0.15) is 44.9 Å². The second-order valence-electron chi connectivity index (χ2n) is 5.06. The van der Waals surface area contributed by atoms with E-state index in [9.17, 15) is 9.59 Å². The zero-order chi connectivity index (χ0) is 15.5. The lowest BCUT2D eigenvalue weighted by atomic mass is 9.96. The Bertz CT molecular complexity index is 721. The van der Waals surface area contributed by atoms with Crippen molar-refractivity contribution in [1.29, 1.82) is 0 Å². The van der Waals surface area contributed by atoms with Gasteiger partial charge in [0.25, 0.3) is 0 Å². The normalized spacial score (nSPS) is 16.0. The number of cyclic esters (lactones) is 1. The first-order valence-corrected chi connectivity index (χ1v) is 7.25. The van der Waals surface area contributed by atoms with Crippen LogP contribution in [0.25, 0.3) is 0 Å². The van der Waals surface area contributed by atoms with Crippen molar-refractivity contribution < 1.29 is 19.1 Å². The van der Waals surface area contributed by atoms with Crippen LogP contribution in [0.3, 0.4) is 0 Å². The maximum Gasteiger partial charge on any atom is 0.339 e. The number of benzene rings is 2. The molecular weight excluding hydrogens is 280 g/mol.